The lowest BCUT2D eigenvalue weighted by Crippen LogP contribution is -2.19. The molecule has 0 aliphatic heterocycles. The summed E-state index contributed by atoms with van der Waals surface area (Å²) < 4.78 is 11.6. The Hall–Kier alpha value is -0.400. The van der Waals surface area contributed by atoms with E-state index >= 15 is 0 Å². The molecule has 0 saturated carbocycles. The average molecular weight is 146 g/mol. The summed E-state index contributed by atoms with van der Waals surface area (Å²) >= 11 is 0. The van der Waals surface area contributed by atoms with E-state index in [9.17, 15) is 9.18 Å². The first-order chi connectivity index (χ1) is 4.48. The van der Waals surface area contributed by atoms with Gasteiger partial charge in [0.05, 0.1) is 6.67 Å². The third kappa shape index (κ3) is 3.59. The van der Waals surface area contributed by atoms with Crippen LogP contribution in [0.15, 0.2) is 0 Å². The first-order valence-electron chi connectivity index (χ1n) is 3.57. The molecule has 0 fully saturated rings. The molecule has 10 heavy (non-hydrogen) atoms. The standard InChI is InChI=1S/C8H15FO/c1-8(2,3)7(10)5-4-6-9/h4-6H2,1-3H3. The number of hydrogen-bond acceptors (Lipinski definition) is 1. The molecule has 0 rings (SSSR count). The molecule has 2 heteroatoms. The van der Waals surface area contributed by atoms with Gasteiger partial charge in [0.1, 0.15) is 5.78 Å². The number of carbonyl (C=O) groups is 1. The summed E-state index contributed by atoms with van der Waals surface area (Å²) in [5.41, 5.74) is -0.296. The largest absolute Gasteiger partial charge is 0.299 e. The SMILES string of the molecule is CC(C)(C)C(=O)CCCF. The quantitative estimate of drug-likeness (QED) is 0.597. The van der Waals surface area contributed by atoms with Gasteiger partial charge < -0.3 is 0 Å². The van der Waals surface area contributed by atoms with Crippen molar-refractivity contribution in [2.75, 3.05) is 6.67 Å². The van der Waals surface area contributed by atoms with E-state index in [1.54, 1.807) is 0 Å². The molecule has 0 N–H and O–H groups in total. The lowest BCUT2D eigenvalue weighted by molar-refractivity contribution is -0.126. The third-order valence-electron chi connectivity index (χ3n) is 1.37. The van der Waals surface area contributed by atoms with Crippen LogP contribution < -0.4 is 0 Å². The molecule has 0 aromatic carbocycles. The fraction of sp³-hybridized carbons (Fsp3) is 0.875. The molecule has 0 saturated heterocycles. The zero-order valence-electron chi connectivity index (χ0n) is 6.91. The smallest absolute Gasteiger partial charge is 0.138 e. The molecule has 0 spiro atoms. The maximum Gasteiger partial charge on any atom is 0.138 e. The van der Waals surface area contributed by atoms with E-state index in [0.29, 0.717) is 12.8 Å². The Bertz CT molecular complexity index is 113. The van der Waals surface area contributed by atoms with Crippen molar-refractivity contribution in [2.45, 2.75) is 33.6 Å². The molecule has 0 aromatic heterocycles. The van der Waals surface area contributed by atoms with Crippen molar-refractivity contribution in [1.29, 1.82) is 0 Å². The van der Waals surface area contributed by atoms with Gasteiger partial charge in [-0.3, -0.25) is 9.18 Å². The number of carbonyl (C=O) groups excluding carboxylic acids is 1. The van der Waals surface area contributed by atoms with Crippen molar-refractivity contribution in [2.24, 2.45) is 5.41 Å². The summed E-state index contributed by atoms with van der Waals surface area (Å²) in [6, 6.07) is 0. The maximum atomic E-state index is 11.6. The van der Waals surface area contributed by atoms with Gasteiger partial charge >= 0.3 is 0 Å². The molecule has 60 valence electrons. The average Bonchev–Trinajstić information content (AvgIpc) is 1.80. The highest BCUT2D eigenvalue weighted by molar-refractivity contribution is 5.83. The highest BCUT2D eigenvalue weighted by Gasteiger charge is 2.19. The molecule has 0 aliphatic rings. The number of hydrogen-bond donors (Lipinski definition) is 0. The van der Waals surface area contributed by atoms with E-state index in [-0.39, 0.29) is 17.9 Å². The second kappa shape index (κ2) is 3.69. The van der Waals surface area contributed by atoms with Crippen molar-refractivity contribution in [3.05, 3.63) is 0 Å². The number of alkyl halides is 1. The molecule has 0 atom stereocenters. The number of ketones is 1. The summed E-state index contributed by atoms with van der Waals surface area (Å²) in [5.74, 6) is 0.144. The minimum Gasteiger partial charge on any atom is -0.299 e. The third-order valence-corrected chi connectivity index (χ3v) is 1.37. The molecule has 0 heterocycles. The predicted octanol–water partition coefficient (Wildman–Crippen LogP) is 2.35. The summed E-state index contributed by atoms with van der Waals surface area (Å²) in [6.45, 7) is 5.18. The molecular weight excluding hydrogens is 131 g/mol. The molecule has 0 aliphatic carbocycles. The van der Waals surface area contributed by atoms with E-state index < -0.39 is 0 Å². The van der Waals surface area contributed by atoms with Crippen molar-refractivity contribution < 1.29 is 9.18 Å². The highest BCUT2D eigenvalue weighted by Crippen LogP contribution is 2.17. The number of Topliss-reactive ketones (excluding diaryl/α,β-unsaturated/α-hetero) is 1. The van der Waals surface area contributed by atoms with Gasteiger partial charge in [0.2, 0.25) is 0 Å². The number of halogens is 1. The van der Waals surface area contributed by atoms with Crippen LogP contribution in [0.2, 0.25) is 0 Å². The van der Waals surface area contributed by atoms with Crippen LogP contribution >= 0.6 is 0 Å². The van der Waals surface area contributed by atoms with Gasteiger partial charge in [-0.25, -0.2) is 0 Å². The number of rotatable bonds is 3. The van der Waals surface area contributed by atoms with Crippen LogP contribution in [0.4, 0.5) is 4.39 Å². The van der Waals surface area contributed by atoms with Crippen LogP contribution in [0.1, 0.15) is 33.6 Å². The van der Waals surface area contributed by atoms with Crippen LogP contribution in [-0.2, 0) is 4.79 Å². The molecule has 0 amide bonds. The highest BCUT2D eigenvalue weighted by atomic mass is 19.1. The Morgan fingerprint density at radius 3 is 2.20 bits per heavy atom. The van der Waals surface area contributed by atoms with Crippen molar-refractivity contribution in [1.82, 2.24) is 0 Å². The van der Waals surface area contributed by atoms with Crippen molar-refractivity contribution in [3.63, 3.8) is 0 Å². The summed E-state index contributed by atoms with van der Waals surface area (Å²) in [7, 11) is 0. The molecule has 0 unspecified atom stereocenters. The van der Waals surface area contributed by atoms with Crippen LogP contribution in [-0.4, -0.2) is 12.5 Å². The second-order valence-electron chi connectivity index (χ2n) is 3.47. The van der Waals surface area contributed by atoms with Gasteiger partial charge in [-0.15, -0.1) is 0 Å². The van der Waals surface area contributed by atoms with Crippen LogP contribution in [0.25, 0.3) is 0 Å². The predicted molar refractivity (Wildman–Crippen MR) is 39.7 cm³/mol. The lowest BCUT2D eigenvalue weighted by atomic mass is 9.88. The Morgan fingerprint density at radius 2 is 1.90 bits per heavy atom. The maximum absolute atomic E-state index is 11.6. The fourth-order valence-electron chi connectivity index (χ4n) is 0.602. The Balaban J connectivity index is 3.64. The monoisotopic (exact) mass is 146 g/mol. The van der Waals surface area contributed by atoms with Gasteiger partial charge in [-0.1, -0.05) is 20.8 Å². The lowest BCUT2D eigenvalue weighted by Gasteiger charge is -2.15. The van der Waals surface area contributed by atoms with E-state index in [1.807, 2.05) is 20.8 Å². The summed E-state index contributed by atoms with van der Waals surface area (Å²) in [5, 5.41) is 0. The molecule has 0 aromatic rings. The van der Waals surface area contributed by atoms with E-state index in [2.05, 4.69) is 0 Å². The van der Waals surface area contributed by atoms with Crippen molar-refractivity contribution >= 4 is 5.78 Å². The zero-order chi connectivity index (χ0) is 8.20. The normalized spacial score (nSPS) is 11.6. The molecule has 0 radical (unpaired) electrons. The van der Waals surface area contributed by atoms with Gasteiger partial charge in [-0.05, 0) is 6.42 Å². The summed E-state index contributed by atoms with van der Waals surface area (Å²) in [4.78, 5) is 11.1. The van der Waals surface area contributed by atoms with Gasteiger partial charge in [0.15, 0.2) is 0 Å². The summed E-state index contributed by atoms with van der Waals surface area (Å²) in [6.07, 6.45) is 0.746. The Labute approximate surface area is 61.6 Å². The second-order valence-corrected chi connectivity index (χ2v) is 3.47. The van der Waals surface area contributed by atoms with Gasteiger partial charge in [0, 0.05) is 11.8 Å². The fourth-order valence-corrected chi connectivity index (χ4v) is 0.602. The topological polar surface area (TPSA) is 17.1 Å². The van der Waals surface area contributed by atoms with E-state index in [4.69, 9.17) is 0 Å². The molecule has 0 bridgehead atoms. The van der Waals surface area contributed by atoms with Crippen LogP contribution in [0.5, 0.6) is 0 Å². The Morgan fingerprint density at radius 1 is 1.40 bits per heavy atom. The zero-order valence-corrected chi connectivity index (χ0v) is 6.91. The first kappa shape index (κ1) is 9.60. The van der Waals surface area contributed by atoms with Crippen molar-refractivity contribution in [3.8, 4) is 0 Å². The van der Waals surface area contributed by atoms with Gasteiger partial charge in [0.25, 0.3) is 0 Å². The minimum atomic E-state index is -0.387. The first-order valence-corrected chi connectivity index (χ1v) is 3.57. The van der Waals surface area contributed by atoms with Gasteiger partial charge in [-0.2, -0.15) is 0 Å². The van der Waals surface area contributed by atoms with Crippen LogP contribution in [0.3, 0.4) is 0 Å². The molecule has 1 nitrogen and oxygen atoms in total. The van der Waals surface area contributed by atoms with E-state index in [1.165, 1.54) is 0 Å². The van der Waals surface area contributed by atoms with E-state index in [0.717, 1.165) is 0 Å². The van der Waals surface area contributed by atoms with Crippen LogP contribution in [0, 0.1) is 5.41 Å². The minimum absolute atomic E-state index is 0.144. The Kier molecular flexibility index (Phi) is 3.54. The molecular formula is C8H15FO.